The fourth-order valence-corrected chi connectivity index (χ4v) is 3.14. The monoisotopic (exact) mass is 264 g/mol. The molecule has 1 aromatic heterocycles. The predicted octanol–water partition coefficient (Wildman–Crippen LogP) is 2.69. The van der Waals surface area contributed by atoms with Crippen molar-refractivity contribution in [3.63, 3.8) is 0 Å². The van der Waals surface area contributed by atoms with E-state index in [1.165, 1.54) is 6.42 Å². The molecule has 0 aromatic carbocycles. The van der Waals surface area contributed by atoms with E-state index < -0.39 is 5.60 Å². The van der Waals surface area contributed by atoms with Gasteiger partial charge in [0.05, 0.1) is 5.69 Å². The Morgan fingerprint density at radius 3 is 2.84 bits per heavy atom. The summed E-state index contributed by atoms with van der Waals surface area (Å²) in [7, 11) is 1.73. The number of methoxy groups -OCH3 is 1. The fourth-order valence-electron chi connectivity index (χ4n) is 3.14. The van der Waals surface area contributed by atoms with Crippen LogP contribution in [0.3, 0.4) is 0 Å². The van der Waals surface area contributed by atoms with E-state index in [-0.39, 0.29) is 5.56 Å². The number of hydrogen-bond acceptors (Lipinski definition) is 3. The molecule has 2 atom stereocenters. The van der Waals surface area contributed by atoms with Crippen LogP contribution < -0.4 is 5.56 Å². The summed E-state index contributed by atoms with van der Waals surface area (Å²) >= 11 is 0. The van der Waals surface area contributed by atoms with E-state index in [0.717, 1.165) is 36.9 Å². The van der Waals surface area contributed by atoms with E-state index in [4.69, 9.17) is 4.74 Å². The van der Waals surface area contributed by atoms with E-state index in [1.807, 2.05) is 13.8 Å². The minimum atomic E-state index is -0.408. The molecule has 1 aromatic rings. The van der Waals surface area contributed by atoms with E-state index >= 15 is 0 Å². The van der Waals surface area contributed by atoms with Crippen LogP contribution in [-0.2, 0) is 16.8 Å². The molecule has 1 aliphatic rings. The van der Waals surface area contributed by atoms with Crippen LogP contribution in [0.15, 0.2) is 4.79 Å². The molecular weight excluding hydrogens is 240 g/mol. The molecule has 1 aliphatic carbocycles. The molecule has 2 rings (SSSR count). The lowest BCUT2D eigenvalue weighted by atomic mass is 9.78. The largest absolute Gasteiger partial charge is 0.370 e. The van der Waals surface area contributed by atoms with Crippen LogP contribution in [0.5, 0.6) is 0 Å². The molecule has 4 nitrogen and oxygen atoms in total. The van der Waals surface area contributed by atoms with Crippen molar-refractivity contribution in [3.05, 3.63) is 27.4 Å². The van der Waals surface area contributed by atoms with E-state index in [1.54, 1.807) is 7.11 Å². The van der Waals surface area contributed by atoms with Crippen molar-refractivity contribution in [2.45, 2.75) is 58.5 Å². The van der Waals surface area contributed by atoms with Gasteiger partial charge in [-0.15, -0.1) is 0 Å². The third-order valence-electron chi connectivity index (χ3n) is 4.37. The van der Waals surface area contributed by atoms with Crippen LogP contribution in [0.1, 0.15) is 56.6 Å². The summed E-state index contributed by atoms with van der Waals surface area (Å²) in [5, 5.41) is 0. The number of aromatic nitrogens is 2. The Balaban J connectivity index is 2.49. The number of nitrogens with one attached hydrogen (secondary N) is 1. The van der Waals surface area contributed by atoms with Crippen molar-refractivity contribution in [2.24, 2.45) is 5.92 Å². The third kappa shape index (κ3) is 2.59. The fraction of sp³-hybridized carbons (Fsp3) is 0.733. The molecule has 0 bridgehead atoms. The SMILES string of the molecule is CCc1nc(C2(OC)CCCC(C)C2)[nH]c(=O)c1C. The second-order valence-corrected chi connectivity index (χ2v) is 5.74. The Hall–Kier alpha value is -1.16. The second-order valence-electron chi connectivity index (χ2n) is 5.74. The van der Waals surface area contributed by atoms with Gasteiger partial charge in [-0.25, -0.2) is 4.98 Å². The van der Waals surface area contributed by atoms with Gasteiger partial charge in [-0.05, 0) is 38.5 Å². The normalized spacial score (nSPS) is 27.5. The van der Waals surface area contributed by atoms with Gasteiger partial charge in [0.15, 0.2) is 0 Å². The molecule has 4 heteroatoms. The Labute approximate surface area is 114 Å². The molecule has 106 valence electrons. The lowest BCUT2D eigenvalue weighted by Crippen LogP contribution is -2.38. The maximum absolute atomic E-state index is 12.1. The summed E-state index contributed by atoms with van der Waals surface area (Å²) in [5.74, 6) is 1.32. The summed E-state index contributed by atoms with van der Waals surface area (Å²) in [4.78, 5) is 19.7. The van der Waals surface area contributed by atoms with Crippen LogP contribution in [0.4, 0.5) is 0 Å². The maximum Gasteiger partial charge on any atom is 0.254 e. The summed E-state index contributed by atoms with van der Waals surface area (Å²) in [5.41, 5.74) is 1.17. The average molecular weight is 264 g/mol. The molecule has 1 saturated carbocycles. The van der Waals surface area contributed by atoms with E-state index in [0.29, 0.717) is 11.7 Å². The lowest BCUT2D eigenvalue weighted by molar-refractivity contribution is -0.0649. The molecule has 1 N–H and O–H groups in total. The molecule has 0 radical (unpaired) electrons. The smallest absolute Gasteiger partial charge is 0.254 e. The van der Waals surface area contributed by atoms with Gasteiger partial charge in [-0.1, -0.05) is 20.3 Å². The van der Waals surface area contributed by atoms with Gasteiger partial charge in [-0.3, -0.25) is 4.79 Å². The Bertz CT molecular complexity index is 509. The summed E-state index contributed by atoms with van der Waals surface area (Å²) in [6, 6.07) is 0. The molecular formula is C15H24N2O2. The topological polar surface area (TPSA) is 55.0 Å². The first-order valence-corrected chi connectivity index (χ1v) is 7.18. The molecule has 0 amide bonds. The summed E-state index contributed by atoms with van der Waals surface area (Å²) < 4.78 is 5.80. The van der Waals surface area contributed by atoms with Crippen LogP contribution in [0, 0.1) is 12.8 Å². The maximum atomic E-state index is 12.1. The minimum Gasteiger partial charge on any atom is -0.370 e. The number of aryl methyl sites for hydroxylation is 1. The zero-order chi connectivity index (χ0) is 14.0. The lowest BCUT2D eigenvalue weighted by Gasteiger charge is -2.38. The summed E-state index contributed by atoms with van der Waals surface area (Å²) in [6.45, 7) is 6.10. The zero-order valence-corrected chi connectivity index (χ0v) is 12.4. The highest BCUT2D eigenvalue weighted by Gasteiger charge is 2.39. The quantitative estimate of drug-likeness (QED) is 0.913. The van der Waals surface area contributed by atoms with Crippen molar-refractivity contribution in [1.29, 1.82) is 0 Å². The number of hydrogen-bond donors (Lipinski definition) is 1. The van der Waals surface area contributed by atoms with Gasteiger partial charge >= 0.3 is 0 Å². The molecule has 0 aliphatic heterocycles. The van der Waals surface area contributed by atoms with Gasteiger partial charge in [0, 0.05) is 12.7 Å². The first-order chi connectivity index (χ1) is 9.02. The van der Waals surface area contributed by atoms with Gasteiger partial charge in [0.25, 0.3) is 5.56 Å². The molecule has 2 unspecified atom stereocenters. The Kier molecular flexibility index (Phi) is 4.09. The van der Waals surface area contributed by atoms with Gasteiger partial charge in [0.1, 0.15) is 11.4 Å². The molecule has 19 heavy (non-hydrogen) atoms. The van der Waals surface area contributed by atoms with Crippen molar-refractivity contribution in [1.82, 2.24) is 9.97 Å². The highest BCUT2D eigenvalue weighted by atomic mass is 16.5. The van der Waals surface area contributed by atoms with E-state index in [9.17, 15) is 4.79 Å². The van der Waals surface area contributed by atoms with Crippen molar-refractivity contribution < 1.29 is 4.74 Å². The van der Waals surface area contributed by atoms with Crippen LogP contribution >= 0.6 is 0 Å². The van der Waals surface area contributed by atoms with Crippen LogP contribution in [0.2, 0.25) is 0 Å². The third-order valence-corrected chi connectivity index (χ3v) is 4.37. The van der Waals surface area contributed by atoms with Gasteiger partial charge in [-0.2, -0.15) is 0 Å². The molecule has 1 heterocycles. The van der Waals surface area contributed by atoms with Crippen molar-refractivity contribution in [3.8, 4) is 0 Å². The number of nitrogens with zero attached hydrogens (tertiary/aromatic N) is 1. The van der Waals surface area contributed by atoms with Crippen LogP contribution in [-0.4, -0.2) is 17.1 Å². The Morgan fingerprint density at radius 2 is 2.26 bits per heavy atom. The standard InChI is InChI=1S/C15H24N2O2/c1-5-12-11(3)13(18)17-14(16-12)15(19-4)8-6-7-10(2)9-15/h10H,5-9H2,1-4H3,(H,16,17,18). The zero-order valence-electron chi connectivity index (χ0n) is 12.4. The van der Waals surface area contributed by atoms with Crippen LogP contribution in [0.25, 0.3) is 0 Å². The highest BCUT2D eigenvalue weighted by Crippen LogP contribution is 2.40. The van der Waals surface area contributed by atoms with Crippen molar-refractivity contribution >= 4 is 0 Å². The molecule has 0 spiro atoms. The second kappa shape index (κ2) is 5.45. The molecule has 0 saturated heterocycles. The van der Waals surface area contributed by atoms with Gasteiger partial charge < -0.3 is 9.72 Å². The summed E-state index contributed by atoms with van der Waals surface area (Å²) in [6.07, 6.45) is 4.98. The predicted molar refractivity (Wildman–Crippen MR) is 75.3 cm³/mol. The first kappa shape index (κ1) is 14.3. The minimum absolute atomic E-state index is 0.0310. The molecule has 1 fully saturated rings. The first-order valence-electron chi connectivity index (χ1n) is 7.18. The average Bonchev–Trinajstić information content (AvgIpc) is 2.41. The number of ether oxygens (including phenoxy) is 1. The number of H-pyrrole nitrogens is 1. The van der Waals surface area contributed by atoms with Crippen molar-refractivity contribution in [2.75, 3.05) is 7.11 Å². The highest BCUT2D eigenvalue weighted by molar-refractivity contribution is 5.18. The number of aromatic amines is 1. The van der Waals surface area contributed by atoms with Gasteiger partial charge in [0.2, 0.25) is 0 Å². The Morgan fingerprint density at radius 1 is 1.53 bits per heavy atom. The van der Waals surface area contributed by atoms with E-state index in [2.05, 4.69) is 16.9 Å². The number of rotatable bonds is 3.